The van der Waals surface area contributed by atoms with Gasteiger partial charge in [0.25, 0.3) is 0 Å². The van der Waals surface area contributed by atoms with Crippen LogP contribution in [0.1, 0.15) is 49.7 Å². The summed E-state index contributed by atoms with van der Waals surface area (Å²) in [5, 5.41) is 0. The fraction of sp³-hybridized carbons (Fsp3) is 0.632. The predicted molar refractivity (Wildman–Crippen MR) is 89.9 cm³/mol. The van der Waals surface area contributed by atoms with Crippen molar-refractivity contribution in [1.82, 2.24) is 9.80 Å². The SMILES string of the molecule is O=C1CCCN1CC[C@@H]1CCCCN1Cc1ccc(C(F)(F)F)cc1F. The molecule has 0 bridgehead atoms. The standard InChI is InChI=1S/C19H24F4N2O/c20-17-12-15(19(21,22)23)7-6-14(17)13-25-9-2-1-4-16(25)8-11-24-10-3-5-18(24)26/h6-7,12,16H,1-5,8-11,13H2/t16-/m0/s1. The number of likely N-dealkylation sites (tertiary alicyclic amines) is 2. The number of alkyl halides is 3. The van der Waals surface area contributed by atoms with Gasteiger partial charge in [-0.25, -0.2) is 4.39 Å². The van der Waals surface area contributed by atoms with E-state index in [0.717, 1.165) is 51.3 Å². The summed E-state index contributed by atoms with van der Waals surface area (Å²) in [4.78, 5) is 15.8. The highest BCUT2D eigenvalue weighted by molar-refractivity contribution is 5.78. The molecule has 0 unspecified atom stereocenters. The fourth-order valence-electron chi connectivity index (χ4n) is 3.91. The van der Waals surface area contributed by atoms with Crippen LogP contribution in [0.5, 0.6) is 0 Å². The van der Waals surface area contributed by atoms with Crippen LogP contribution in [0.15, 0.2) is 18.2 Å². The van der Waals surface area contributed by atoms with E-state index in [-0.39, 0.29) is 11.9 Å². The molecule has 2 fully saturated rings. The number of halogens is 4. The van der Waals surface area contributed by atoms with Crippen molar-refractivity contribution >= 4 is 5.91 Å². The van der Waals surface area contributed by atoms with Gasteiger partial charge in [0.05, 0.1) is 5.56 Å². The summed E-state index contributed by atoms with van der Waals surface area (Å²) in [5.41, 5.74) is -0.663. The maximum atomic E-state index is 14.2. The zero-order valence-electron chi connectivity index (χ0n) is 14.7. The number of hydrogen-bond acceptors (Lipinski definition) is 2. The normalized spacial score (nSPS) is 22.2. The second-order valence-electron chi connectivity index (χ2n) is 7.20. The largest absolute Gasteiger partial charge is 0.416 e. The third-order valence-corrected chi connectivity index (χ3v) is 5.41. The molecule has 3 rings (SSSR count). The van der Waals surface area contributed by atoms with Gasteiger partial charge in [0.2, 0.25) is 5.91 Å². The summed E-state index contributed by atoms with van der Waals surface area (Å²) in [6, 6.07) is 3.00. The van der Waals surface area contributed by atoms with Crippen LogP contribution >= 0.6 is 0 Å². The van der Waals surface area contributed by atoms with Crippen molar-refractivity contribution in [3.63, 3.8) is 0 Å². The van der Waals surface area contributed by atoms with Gasteiger partial charge in [0, 0.05) is 37.7 Å². The predicted octanol–water partition coefficient (Wildman–Crippen LogP) is 4.21. The maximum Gasteiger partial charge on any atom is 0.416 e. The number of piperidine rings is 1. The van der Waals surface area contributed by atoms with Gasteiger partial charge in [-0.3, -0.25) is 9.69 Å². The summed E-state index contributed by atoms with van der Waals surface area (Å²) < 4.78 is 52.2. The van der Waals surface area contributed by atoms with Gasteiger partial charge < -0.3 is 4.90 Å². The maximum absolute atomic E-state index is 14.2. The summed E-state index contributed by atoms with van der Waals surface area (Å²) in [6.07, 6.45) is 0.884. The number of benzene rings is 1. The summed E-state index contributed by atoms with van der Waals surface area (Å²) >= 11 is 0. The van der Waals surface area contributed by atoms with Crippen LogP contribution in [0.2, 0.25) is 0 Å². The van der Waals surface area contributed by atoms with Gasteiger partial charge >= 0.3 is 6.18 Å². The molecule has 0 spiro atoms. The van der Waals surface area contributed by atoms with Crippen molar-refractivity contribution in [3.8, 4) is 0 Å². The quantitative estimate of drug-likeness (QED) is 0.723. The molecule has 2 saturated heterocycles. The van der Waals surface area contributed by atoms with Crippen LogP contribution in [0.25, 0.3) is 0 Å². The lowest BCUT2D eigenvalue weighted by atomic mass is 9.98. The number of carbonyl (C=O) groups is 1. The molecule has 0 N–H and O–H groups in total. The molecule has 0 saturated carbocycles. The van der Waals surface area contributed by atoms with E-state index in [0.29, 0.717) is 31.1 Å². The van der Waals surface area contributed by atoms with E-state index < -0.39 is 17.6 Å². The first-order chi connectivity index (χ1) is 12.3. The molecule has 1 aromatic rings. The van der Waals surface area contributed by atoms with Crippen LogP contribution in [-0.4, -0.2) is 41.4 Å². The van der Waals surface area contributed by atoms with Crippen LogP contribution < -0.4 is 0 Å². The Bertz CT molecular complexity index is 647. The van der Waals surface area contributed by atoms with E-state index in [1.54, 1.807) is 0 Å². The van der Waals surface area contributed by atoms with Gasteiger partial charge in [-0.05, 0) is 44.4 Å². The molecule has 0 radical (unpaired) electrons. The second kappa shape index (κ2) is 7.94. The van der Waals surface area contributed by atoms with Gasteiger partial charge in [0.15, 0.2) is 0 Å². The first-order valence-corrected chi connectivity index (χ1v) is 9.22. The monoisotopic (exact) mass is 372 g/mol. The van der Waals surface area contributed by atoms with Crippen molar-refractivity contribution in [2.75, 3.05) is 19.6 Å². The lowest BCUT2D eigenvalue weighted by Gasteiger charge is -2.36. The summed E-state index contributed by atoms with van der Waals surface area (Å²) in [5.74, 6) is -0.611. The van der Waals surface area contributed by atoms with E-state index in [1.807, 2.05) is 4.90 Å². The molecule has 3 nitrogen and oxygen atoms in total. The molecular formula is C19H24F4N2O. The summed E-state index contributed by atoms with van der Waals surface area (Å²) in [7, 11) is 0. The molecule has 0 aliphatic carbocycles. The zero-order chi connectivity index (χ0) is 18.7. The van der Waals surface area contributed by atoms with Gasteiger partial charge in [-0.15, -0.1) is 0 Å². The first-order valence-electron chi connectivity index (χ1n) is 9.22. The molecule has 2 aliphatic heterocycles. The molecule has 144 valence electrons. The van der Waals surface area contributed by atoms with Crippen molar-refractivity contribution in [1.29, 1.82) is 0 Å². The van der Waals surface area contributed by atoms with E-state index in [9.17, 15) is 22.4 Å². The topological polar surface area (TPSA) is 23.6 Å². The molecule has 1 atom stereocenters. The number of amides is 1. The van der Waals surface area contributed by atoms with Crippen LogP contribution in [0.4, 0.5) is 17.6 Å². The smallest absolute Gasteiger partial charge is 0.343 e. The Hall–Kier alpha value is -1.63. The molecule has 1 amide bonds. The minimum atomic E-state index is -4.53. The highest BCUT2D eigenvalue weighted by Gasteiger charge is 2.32. The molecule has 2 heterocycles. The average Bonchev–Trinajstić information content (AvgIpc) is 3.00. The van der Waals surface area contributed by atoms with E-state index in [1.165, 1.54) is 6.07 Å². The molecular weight excluding hydrogens is 348 g/mol. The highest BCUT2D eigenvalue weighted by Crippen LogP contribution is 2.31. The zero-order valence-corrected chi connectivity index (χ0v) is 14.7. The minimum absolute atomic E-state index is 0.196. The Labute approximate surface area is 151 Å². The molecule has 7 heteroatoms. The number of rotatable bonds is 5. The Morgan fingerprint density at radius 3 is 2.58 bits per heavy atom. The Kier molecular flexibility index (Phi) is 5.85. The summed E-state index contributed by atoms with van der Waals surface area (Å²) in [6.45, 7) is 2.62. The van der Waals surface area contributed by atoms with Crippen molar-refractivity contribution in [3.05, 3.63) is 35.1 Å². The van der Waals surface area contributed by atoms with Crippen molar-refractivity contribution in [2.24, 2.45) is 0 Å². The van der Waals surface area contributed by atoms with Crippen LogP contribution in [0, 0.1) is 5.82 Å². The molecule has 2 aliphatic rings. The number of nitrogens with zero attached hydrogens (tertiary/aromatic N) is 2. The average molecular weight is 372 g/mol. The number of carbonyl (C=O) groups excluding carboxylic acids is 1. The Balaban J connectivity index is 1.63. The minimum Gasteiger partial charge on any atom is -0.343 e. The van der Waals surface area contributed by atoms with Crippen molar-refractivity contribution < 1.29 is 22.4 Å². The van der Waals surface area contributed by atoms with Gasteiger partial charge in [-0.1, -0.05) is 12.5 Å². The van der Waals surface area contributed by atoms with E-state index in [4.69, 9.17) is 0 Å². The van der Waals surface area contributed by atoms with Crippen LogP contribution in [0.3, 0.4) is 0 Å². The second-order valence-corrected chi connectivity index (χ2v) is 7.20. The molecule has 26 heavy (non-hydrogen) atoms. The Morgan fingerprint density at radius 1 is 1.12 bits per heavy atom. The van der Waals surface area contributed by atoms with E-state index >= 15 is 0 Å². The van der Waals surface area contributed by atoms with Crippen LogP contribution in [-0.2, 0) is 17.5 Å². The van der Waals surface area contributed by atoms with Gasteiger partial charge in [0.1, 0.15) is 5.82 Å². The molecule has 1 aromatic carbocycles. The third kappa shape index (κ3) is 4.55. The fourth-order valence-corrected chi connectivity index (χ4v) is 3.91. The first kappa shape index (κ1) is 19.1. The van der Waals surface area contributed by atoms with Crippen molar-refractivity contribution in [2.45, 2.75) is 57.3 Å². The van der Waals surface area contributed by atoms with E-state index in [2.05, 4.69) is 4.90 Å². The molecule has 0 aromatic heterocycles. The lowest BCUT2D eigenvalue weighted by Crippen LogP contribution is -2.41. The highest BCUT2D eigenvalue weighted by atomic mass is 19.4. The lowest BCUT2D eigenvalue weighted by molar-refractivity contribution is -0.137. The third-order valence-electron chi connectivity index (χ3n) is 5.41. The van der Waals surface area contributed by atoms with Gasteiger partial charge in [-0.2, -0.15) is 13.2 Å². The number of hydrogen-bond donors (Lipinski definition) is 0. The Morgan fingerprint density at radius 2 is 1.92 bits per heavy atom.